The molecule has 0 amide bonds. The van der Waals surface area contributed by atoms with Crippen molar-refractivity contribution in [3.8, 4) is 0 Å². The summed E-state index contributed by atoms with van der Waals surface area (Å²) < 4.78 is 1.84. The van der Waals surface area contributed by atoms with Crippen LogP contribution in [0.15, 0.2) is 11.5 Å². The van der Waals surface area contributed by atoms with Crippen molar-refractivity contribution in [3.63, 3.8) is 0 Å². The smallest absolute Gasteiger partial charge is 0.176 e. The Morgan fingerprint density at radius 3 is 2.88 bits per heavy atom. The molecule has 0 radical (unpaired) electrons. The molecule has 1 aliphatic rings. The molecule has 0 spiro atoms. The molecule has 2 nitrogen and oxygen atoms in total. The molecule has 0 aromatic carbocycles. The Labute approximate surface area is 57.9 Å². The average Bonchev–Trinajstić information content (AvgIpc) is 2.12. The van der Waals surface area contributed by atoms with Gasteiger partial charge >= 0.3 is 0 Å². The van der Waals surface area contributed by atoms with Gasteiger partial charge in [0.15, 0.2) is 5.11 Å². The van der Waals surface area contributed by atoms with Gasteiger partial charge in [-0.3, -0.25) is 4.31 Å². The number of hydrogen-bond donors (Lipinski definition) is 1. The molecule has 0 saturated carbocycles. The van der Waals surface area contributed by atoms with Crippen LogP contribution < -0.4 is 5.73 Å². The number of nitrogens with two attached hydrogens (primary N) is 1. The fraction of sp³-hybridized carbons (Fsp3) is 0.250. The lowest BCUT2D eigenvalue weighted by molar-refractivity contribution is 0.782. The fourth-order valence-corrected chi connectivity index (χ4v) is 1.24. The van der Waals surface area contributed by atoms with Crippen LogP contribution >= 0.6 is 24.2 Å². The minimum atomic E-state index is 0.458. The van der Waals surface area contributed by atoms with Crippen molar-refractivity contribution in [3.05, 3.63) is 11.5 Å². The number of nitrogens with zero attached hydrogens (tertiary/aromatic N) is 1. The third-order valence-electron chi connectivity index (χ3n) is 0.801. The minimum Gasteiger partial charge on any atom is -0.375 e. The van der Waals surface area contributed by atoms with Gasteiger partial charge in [0.05, 0.1) is 6.54 Å². The Balaban J connectivity index is 2.41. The van der Waals surface area contributed by atoms with Gasteiger partial charge in [0.1, 0.15) is 0 Å². The van der Waals surface area contributed by atoms with E-state index in [0.29, 0.717) is 5.11 Å². The van der Waals surface area contributed by atoms with Crippen molar-refractivity contribution in [2.24, 2.45) is 5.73 Å². The zero-order valence-corrected chi connectivity index (χ0v) is 5.84. The zero-order chi connectivity index (χ0) is 5.98. The van der Waals surface area contributed by atoms with Crippen LogP contribution in [0.4, 0.5) is 0 Å². The molecule has 0 aromatic rings. The maximum Gasteiger partial charge on any atom is 0.176 e. The standard InChI is InChI=1S/C4H6N2S2/c5-4(7)6-2-1-3-8-6/h1,3H,2H2,(H2,5,7). The lowest BCUT2D eigenvalue weighted by atomic mass is 10.6. The first-order valence-electron chi connectivity index (χ1n) is 2.19. The maximum absolute atomic E-state index is 5.29. The SMILES string of the molecule is NC(=S)N1CC=CS1. The van der Waals surface area contributed by atoms with Crippen LogP contribution in [-0.2, 0) is 0 Å². The van der Waals surface area contributed by atoms with E-state index in [0.717, 1.165) is 6.54 Å². The van der Waals surface area contributed by atoms with E-state index < -0.39 is 0 Å². The van der Waals surface area contributed by atoms with Gasteiger partial charge in [0, 0.05) is 0 Å². The molecule has 2 N–H and O–H groups in total. The van der Waals surface area contributed by atoms with E-state index in [2.05, 4.69) is 0 Å². The summed E-state index contributed by atoms with van der Waals surface area (Å²) in [7, 11) is 0. The van der Waals surface area contributed by atoms with Crippen molar-refractivity contribution in [2.45, 2.75) is 0 Å². The van der Waals surface area contributed by atoms with E-state index in [4.69, 9.17) is 18.0 Å². The highest BCUT2D eigenvalue weighted by atomic mass is 32.2. The van der Waals surface area contributed by atoms with Crippen LogP contribution in [0.2, 0.25) is 0 Å². The molecule has 8 heavy (non-hydrogen) atoms. The molecule has 0 atom stereocenters. The van der Waals surface area contributed by atoms with Crippen LogP contribution in [-0.4, -0.2) is 16.0 Å². The lowest BCUT2D eigenvalue weighted by Crippen LogP contribution is -2.27. The molecule has 44 valence electrons. The second-order valence-electron chi connectivity index (χ2n) is 1.38. The molecule has 0 bridgehead atoms. The summed E-state index contributed by atoms with van der Waals surface area (Å²) >= 11 is 6.24. The molecule has 4 heteroatoms. The lowest BCUT2D eigenvalue weighted by Gasteiger charge is -2.10. The van der Waals surface area contributed by atoms with Gasteiger partial charge in [-0.05, 0) is 29.6 Å². The topological polar surface area (TPSA) is 29.3 Å². The van der Waals surface area contributed by atoms with Crippen molar-refractivity contribution in [2.75, 3.05) is 6.54 Å². The van der Waals surface area contributed by atoms with E-state index in [1.807, 2.05) is 15.8 Å². The van der Waals surface area contributed by atoms with Crippen LogP contribution in [0, 0.1) is 0 Å². The molecule has 0 aromatic heterocycles. The quantitative estimate of drug-likeness (QED) is 0.402. The highest BCUT2D eigenvalue weighted by Crippen LogP contribution is 2.16. The van der Waals surface area contributed by atoms with Gasteiger partial charge < -0.3 is 5.73 Å². The van der Waals surface area contributed by atoms with E-state index in [9.17, 15) is 0 Å². The highest BCUT2D eigenvalue weighted by molar-refractivity contribution is 8.01. The minimum absolute atomic E-state index is 0.458. The predicted molar refractivity (Wildman–Crippen MR) is 40.2 cm³/mol. The Bertz CT molecular complexity index is 124. The molecular weight excluding hydrogens is 140 g/mol. The molecule has 1 rings (SSSR count). The molecule has 0 fully saturated rings. The van der Waals surface area contributed by atoms with Crippen LogP contribution in [0.1, 0.15) is 0 Å². The molecule has 1 aliphatic heterocycles. The predicted octanol–water partition coefficient (Wildman–Crippen LogP) is 0.708. The van der Waals surface area contributed by atoms with Gasteiger partial charge in [-0.2, -0.15) is 0 Å². The first-order valence-corrected chi connectivity index (χ1v) is 3.44. The van der Waals surface area contributed by atoms with Gasteiger partial charge in [0.2, 0.25) is 0 Å². The monoisotopic (exact) mass is 146 g/mol. The summed E-state index contributed by atoms with van der Waals surface area (Å²) in [5.74, 6) is 0. The zero-order valence-electron chi connectivity index (χ0n) is 4.20. The van der Waals surface area contributed by atoms with Crippen LogP contribution in [0.25, 0.3) is 0 Å². The molecule has 0 aliphatic carbocycles. The molecule has 0 unspecified atom stereocenters. The first kappa shape index (κ1) is 5.91. The van der Waals surface area contributed by atoms with E-state index in [1.165, 1.54) is 11.9 Å². The summed E-state index contributed by atoms with van der Waals surface area (Å²) in [6.07, 6.45) is 2.02. The first-order chi connectivity index (χ1) is 3.80. The maximum atomic E-state index is 5.29. The second-order valence-corrected chi connectivity index (χ2v) is 2.72. The van der Waals surface area contributed by atoms with Crippen molar-refractivity contribution in [1.29, 1.82) is 0 Å². The summed E-state index contributed by atoms with van der Waals surface area (Å²) in [6.45, 7) is 0.847. The van der Waals surface area contributed by atoms with Crippen molar-refractivity contribution in [1.82, 2.24) is 4.31 Å². The third kappa shape index (κ3) is 1.14. The van der Waals surface area contributed by atoms with Gasteiger partial charge in [-0.25, -0.2) is 0 Å². The van der Waals surface area contributed by atoms with E-state index in [-0.39, 0.29) is 0 Å². The fourth-order valence-electron chi connectivity index (χ4n) is 0.440. The van der Waals surface area contributed by atoms with Crippen LogP contribution in [0.5, 0.6) is 0 Å². The summed E-state index contributed by atoms with van der Waals surface area (Å²) in [5, 5.41) is 2.43. The Morgan fingerprint density at radius 2 is 2.62 bits per heavy atom. The Hall–Kier alpha value is -0.220. The third-order valence-corrected chi connectivity index (χ3v) is 2.05. The average molecular weight is 146 g/mol. The largest absolute Gasteiger partial charge is 0.375 e. The summed E-state index contributed by atoms with van der Waals surface area (Å²) in [4.78, 5) is 0. The number of hydrogen-bond acceptors (Lipinski definition) is 2. The van der Waals surface area contributed by atoms with E-state index in [1.54, 1.807) is 0 Å². The molecular formula is C4H6N2S2. The summed E-state index contributed by atoms with van der Waals surface area (Å²) in [6, 6.07) is 0. The van der Waals surface area contributed by atoms with Crippen molar-refractivity contribution >= 4 is 29.3 Å². The van der Waals surface area contributed by atoms with Crippen molar-refractivity contribution < 1.29 is 0 Å². The normalized spacial score (nSPS) is 17.2. The number of rotatable bonds is 0. The van der Waals surface area contributed by atoms with E-state index >= 15 is 0 Å². The number of thiocarbonyl (C=S) groups is 1. The van der Waals surface area contributed by atoms with Gasteiger partial charge in [-0.1, -0.05) is 6.08 Å². The van der Waals surface area contributed by atoms with Gasteiger partial charge in [-0.15, -0.1) is 0 Å². The summed E-state index contributed by atoms with van der Waals surface area (Å²) in [5.41, 5.74) is 5.29. The molecule has 1 heterocycles. The Morgan fingerprint density at radius 1 is 1.88 bits per heavy atom. The highest BCUT2D eigenvalue weighted by Gasteiger charge is 2.06. The Kier molecular flexibility index (Phi) is 1.75. The van der Waals surface area contributed by atoms with Gasteiger partial charge in [0.25, 0.3) is 0 Å². The molecule has 0 saturated heterocycles. The van der Waals surface area contributed by atoms with Crippen LogP contribution in [0.3, 0.4) is 0 Å². The second kappa shape index (κ2) is 2.37.